The molecule has 1 aliphatic rings. The molecular formula is C60H36N4. The largest absolute Gasteiger partial charge is 0.308 e. The van der Waals surface area contributed by atoms with Crippen molar-refractivity contribution in [1.29, 1.82) is 0 Å². The minimum Gasteiger partial charge on any atom is -0.308 e. The Morgan fingerprint density at radius 3 is 1.66 bits per heavy atom. The Morgan fingerprint density at radius 2 is 0.906 bits per heavy atom. The fraction of sp³-hybridized carbons (Fsp3) is 0. The number of fused-ring (bicyclic) bond motifs is 15. The van der Waals surface area contributed by atoms with Gasteiger partial charge in [-0.3, -0.25) is 4.57 Å². The maximum Gasteiger partial charge on any atom is 0.235 e. The van der Waals surface area contributed by atoms with Gasteiger partial charge in [0, 0.05) is 43.6 Å². The van der Waals surface area contributed by atoms with Crippen LogP contribution >= 0.6 is 0 Å². The number of rotatable bonds is 4. The van der Waals surface area contributed by atoms with Crippen LogP contribution in [0.3, 0.4) is 0 Å². The molecule has 4 heterocycles. The molecule has 0 saturated carbocycles. The Morgan fingerprint density at radius 1 is 0.328 bits per heavy atom. The molecular weight excluding hydrogens is 777 g/mol. The third kappa shape index (κ3) is 4.99. The van der Waals surface area contributed by atoms with Crippen LogP contribution in [0.1, 0.15) is 0 Å². The van der Waals surface area contributed by atoms with Gasteiger partial charge in [-0.05, 0) is 92.7 Å². The van der Waals surface area contributed by atoms with Crippen molar-refractivity contribution in [2.24, 2.45) is 0 Å². The second-order valence-electron chi connectivity index (χ2n) is 16.9. The van der Waals surface area contributed by atoms with Crippen molar-refractivity contribution in [2.75, 3.05) is 0 Å². The molecule has 0 fully saturated rings. The Bertz CT molecular complexity index is 4010. The molecule has 13 aromatic rings. The molecule has 14 rings (SSSR count). The maximum absolute atomic E-state index is 5.79. The molecule has 4 heteroatoms. The maximum atomic E-state index is 5.79. The van der Waals surface area contributed by atoms with Gasteiger partial charge >= 0.3 is 0 Å². The van der Waals surface area contributed by atoms with Crippen LogP contribution in [0.4, 0.5) is 0 Å². The zero-order valence-corrected chi connectivity index (χ0v) is 34.6. The van der Waals surface area contributed by atoms with Gasteiger partial charge in [-0.2, -0.15) is 0 Å². The van der Waals surface area contributed by atoms with Crippen molar-refractivity contribution < 1.29 is 0 Å². The summed E-state index contributed by atoms with van der Waals surface area (Å²) in [6.45, 7) is 0. The minimum atomic E-state index is 0.635. The summed E-state index contributed by atoms with van der Waals surface area (Å²) in [7, 11) is 0. The molecule has 0 amide bonds. The summed E-state index contributed by atoms with van der Waals surface area (Å²) in [5.74, 6) is 0.635. The van der Waals surface area contributed by atoms with Crippen LogP contribution in [-0.4, -0.2) is 19.1 Å². The highest BCUT2D eigenvalue weighted by atomic mass is 15.2. The second kappa shape index (κ2) is 13.4. The zero-order chi connectivity index (χ0) is 41.9. The molecule has 0 radical (unpaired) electrons. The van der Waals surface area contributed by atoms with E-state index in [0.29, 0.717) is 5.95 Å². The summed E-state index contributed by atoms with van der Waals surface area (Å²) in [4.78, 5) is 11.4. The van der Waals surface area contributed by atoms with Crippen molar-refractivity contribution in [3.8, 4) is 67.4 Å². The van der Waals surface area contributed by atoms with Gasteiger partial charge in [-0.1, -0.05) is 170 Å². The van der Waals surface area contributed by atoms with Crippen molar-refractivity contribution in [3.63, 3.8) is 0 Å². The summed E-state index contributed by atoms with van der Waals surface area (Å²) in [6, 6.07) is 79.1. The summed E-state index contributed by atoms with van der Waals surface area (Å²) >= 11 is 0. The summed E-state index contributed by atoms with van der Waals surface area (Å²) < 4.78 is 4.82. The lowest BCUT2D eigenvalue weighted by Crippen LogP contribution is -2.04. The Hall–Kier alpha value is -8.60. The Kier molecular flexibility index (Phi) is 7.36. The van der Waals surface area contributed by atoms with E-state index in [0.717, 1.165) is 71.6 Å². The van der Waals surface area contributed by atoms with Crippen LogP contribution in [0.2, 0.25) is 0 Å². The molecule has 0 atom stereocenters. The molecule has 64 heavy (non-hydrogen) atoms. The summed E-state index contributed by atoms with van der Waals surface area (Å²) in [5, 5.41) is 8.08. The molecule has 4 nitrogen and oxygen atoms in total. The van der Waals surface area contributed by atoms with Gasteiger partial charge in [-0.15, -0.1) is 0 Å². The van der Waals surface area contributed by atoms with Crippen LogP contribution in [0.5, 0.6) is 0 Å². The highest BCUT2D eigenvalue weighted by Gasteiger charge is 2.29. The van der Waals surface area contributed by atoms with E-state index in [9.17, 15) is 0 Å². The van der Waals surface area contributed by atoms with E-state index in [1.807, 2.05) is 0 Å². The predicted octanol–water partition coefficient (Wildman–Crippen LogP) is 15.6. The molecule has 0 bridgehead atoms. The molecule has 10 aromatic carbocycles. The first-order chi connectivity index (χ1) is 31.8. The lowest BCUT2D eigenvalue weighted by molar-refractivity contribution is 1.01. The number of hydrogen-bond donors (Lipinski definition) is 0. The van der Waals surface area contributed by atoms with E-state index >= 15 is 0 Å². The van der Waals surface area contributed by atoms with Crippen LogP contribution in [-0.2, 0) is 0 Å². The van der Waals surface area contributed by atoms with E-state index in [-0.39, 0.29) is 0 Å². The van der Waals surface area contributed by atoms with E-state index in [1.54, 1.807) is 0 Å². The van der Waals surface area contributed by atoms with Gasteiger partial charge in [0.15, 0.2) is 0 Å². The number of hydrogen-bond acceptors (Lipinski definition) is 2. The molecule has 0 unspecified atom stereocenters. The average molecular weight is 813 g/mol. The molecule has 0 saturated heterocycles. The first kappa shape index (κ1) is 35.0. The lowest BCUT2D eigenvalue weighted by atomic mass is 9.91. The average Bonchev–Trinajstić information content (AvgIpc) is 3.84. The quantitative estimate of drug-likeness (QED) is 0.166. The number of nitrogens with zero attached hydrogens (tertiary/aromatic N) is 4. The van der Waals surface area contributed by atoms with Crippen molar-refractivity contribution in [1.82, 2.24) is 19.1 Å². The highest BCUT2D eigenvalue weighted by molar-refractivity contribution is 6.28. The fourth-order valence-electron chi connectivity index (χ4n) is 10.7. The fourth-order valence-corrected chi connectivity index (χ4v) is 10.7. The van der Waals surface area contributed by atoms with Crippen LogP contribution in [0.25, 0.3) is 133 Å². The van der Waals surface area contributed by atoms with Gasteiger partial charge in [0.05, 0.1) is 39.0 Å². The third-order valence-corrected chi connectivity index (χ3v) is 13.4. The van der Waals surface area contributed by atoms with E-state index < -0.39 is 0 Å². The number of aromatic nitrogens is 4. The molecule has 3 aromatic heterocycles. The number of benzene rings is 10. The highest BCUT2D eigenvalue weighted by Crippen LogP contribution is 2.52. The standard InChI is InChI=1S/C60H36N4/c1-3-17-37(18-4-1)40-33-41(38-19-5-2-6-20-38)35-42(34-40)58-55-43-22-8-7-21-39(43)31-32-50(55)61-60(62-58)64-53-30-16-13-27-48(53)56-54(64)36-49-46-25-12-15-29-52(46)63-51-28-14-11-24-45(51)44-23-9-10-26-47(44)57(56)59(49)63/h1-36H. The van der Waals surface area contributed by atoms with E-state index in [2.05, 4.69) is 228 Å². The van der Waals surface area contributed by atoms with Crippen LogP contribution in [0.15, 0.2) is 218 Å². The topological polar surface area (TPSA) is 35.6 Å². The van der Waals surface area contributed by atoms with E-state index in [1.165, 1.54) is 55.1 Å². The van der Waals surface area contributed by atoms with Crippen molar-refractivity contribution in [2.45, 2.75) is 0 Å². The minimum absolute atomic E-state index is 0.635. The van der Waals surface area contributed by atoms with Gasteiger partial charge in [-0.25, -0.2) is 9.97 Å². The summed E-state index contributed by atoms with van der Waals surface area (Å²) in [5.41, 5.74) is 18.0. The zero-order valence-electron chi connectivity index (χ0n) is 34.6. The monoisotopic (exact) mass is 812 g/mol. The first-order valence-corrected chi connectivity index (χ1v) is 21.9. The molecule has 1 aliphatic heterocycles. The van der Waals surface area contributed by atoms with E-state index in [4.69, 9.17) is 9.97 Å². The van der Waals surface area contributed by atoms with Gasteiger partial charge in [0.25, 0.3) is 0 Å². The van der Waals surface area contributed by atoms with Gasteiger partial charge < -0.3 is 4.57 Å². The lowest BCUT2D eigenvalue weighted by Gasteiger charge is -2.16. The SMILES string of the molecule is c1ccc(-c2cc(-c3ccccc3)cc(-c3nc(-n4c5ccccc5c5c6c7c(cc54)c4ccccc4n7-c4ccccc4-c4ccccc4-6)nc4ccc5ccccc5c34)c2)cc1. The number of para-hydroxylation sites is 3. The summed E-state index contributed by atoms with van der Waals surface area (Å²) in [6.07, 6.45) is 0. The first-order valence-electron chi connectivity index (χ1n) is 21.9. The van der Waals surface area contributed by atoms with Crippen molar-refractivity contribution in [3.05, 3.63) is 218 Å². The van der Waals surface area contributed by atoms with Crippen LogP contribution in [0, 0.1) is 0 Å². The second-order valence-corrected chi connectivity index (χ2v) is 16.9. The molecule has 0 N–H and O–H groups in total. The molecule has 296 valence electrons. The smallest absolute Gasteiger partial charge is 0.235 e. The van der Waals surface area contributed by atoms with Gasteiger partial charge in [0.1, 0.15) is 0 Å². The van der Waals surface area contributed by atoms with Gasteiger partial charge in [0.2, 0.25) is 5.95 Å². The molecule has 0 spiro atoms. The predicted molar refractivity (Wildman–Crippen MR) is 266 cm³/mol. The third-order valence-electron chi connectivity index (χ3n) is 13.4. The Balaban J connectivity index is 1.15. The normalized spacial score (nSPS) is 12.1. The van der Waals surface area contributed by atoms with Crippen LogP contribution < -0.4 is 0 Å². The Labute approximate surface area is 368 Å². The van der Waals surface area contributed by atoms with Crippen molar-refractivity contribution >= 4 is 65.3 Å². The molecule has 0 aliphatic carbocycles.